The van der Waals surface area contributed by atoms with Gasteiger partial charge < -0.3 is 16.8 Å². The molecule has 0 spiro atoms. The number of carbonyl (C=O) groups is 1. The number of sulfone groups is 1. The van der Waals surface area contributed by atoms with Crippen molar-refractivity contribution in [3.8, 4) is 0 Å². The van der Waals surface area contributed by atoms with Crippen molar-refractivity contribution in [1.29, 1.82) is 0 Å². The summed E-state index contributed by atoms with van der Waals surface area (Å²) in [5.41, 5.74) is 11.3. The van der Waals surface area contributed by atoms with Gasteiger partial charge in [0.2, 0.25) is 0 Å². The molecule has 1 aromatic heterocycles. The maximum absolute atomic E-state index is 11.9. The van der Waals surface area contributed by atoms with E-state index in [9.17, 15) is 13.2 Å². The van der Waals surface area contributed by atoms with E-state index in [2.05, 4.69) is 12.2 Å². The average molecular weight is 331 g/mol. The predicted molar refractivity (Wildman–Crippen MR) is 85.4 cm³/mol. The molecule has 0 aromatic carbocycles. The van der Waals surface area contributed by atoms with Gasteiger partial charge in [0.25, 0.3) is 5.91 Å². The van der Waals surface area contributed by atoms with Gasteiger partial charge in [-0.1, -0.05) is 13.3 Å². The minimum absolute atomic E-state index is 0.00593. The standard InChI is InChI=1S/C13H21N3O3S2/c1-3-4-13(5-6-13)7-16-12-10(21(2,18)19)8(14)9(20-12)11(15)17/h16H,3-7,14H2,1-2H3,(H2,15,17). The van der Waals surface area contributed by atoms with Crippen LogP contribution in [0.3, 0.4) is 0 Å². The van der Waals surface area contributed by atoms with Crippen molar-refractivity contribution < 1.29 is 13.2 Å². The number of rotatable bonds is 7. The fourth-order valence-electron chi connectivity index (χ4n) is 2.59. The molecule has 1 aliphatic rings. The molecule has 21 heavy (non-hydrogen) atoms. The highest BCUT2D eigenvalue weighted by Crippen LogP contribution is 2.50. The summed E-state index contributed by atoms with van der Waals surface area (Å²) in [5, 5.41) is 3.60. The largest absolute Gasteiger partial charge is 0.396 e. The molecule has 1 heterocycles. The second-order valence-corrected chi connectivity index (χ2v) is 8.72. The van der Waals surface area contributed by atoms with Gasteiger partial charge in [-0.2, -0.15) is 0 Å². The average Bonchev–Trinajstić information content (AvgIpc) is 3.01. The van der Waals surface area contributed by atoms with Crippen LogP contribution in [0, 0.1) is 5.41 Å². The molecule has 0 atom stereocenters. The van der Waals surface area contributed by atoms with Crippen molar-refractivity contribution in [2.45, 2.75) is 37.5 Å². The normalized spacial score (nSPS) is 16.7. The van der Waals surface area contributed by atoms with Crippen molar-refractivity contribution in [3.63, 3.8) is 0 Å². The van der Waals surface area contributed by atoms with Crippen molar-refractivity contribution in [2.75, 3.05) is 23.9 Å². The second-order valence-electron chi connectivity index (χ2n) is 5.74. The van der Waals surface area contributed by atoms with E-state index < -0.39 is 15.7 Å². The summed E-state index contributed by atoms with van der Waals surface area (Å²) < 4.78 is 23.8. The summed E-state index contributed by atoms with van der Waals surface area (Å²) >= 11 is 1.02. The van der Waals surface area contributed by atoms with Crippen LogP contribution >= 0.6 is 11.3 Å². The zero-order valence-electron chi connectivity index (χ0n) is 12.2. The Morgan fingerprint density at radius 2 is 2.05 bits per heavy atom. The smallest absolute Gasteiger partial charge is 0.261 e. The zero-order chi connectivity index (χ0) is 15.8. The number of anilines is 2. The highest BCUT2D eigenvalue weighted by Gasteiger charge is 2.41. The molecule has 0 bridgehead atoms. The Kier molecular flexibility index (Phi) is 4.21. The van der Waals surface area contributed by atoms with E-state index in [4.69, 9.17) is 11.5 Å². The van der Waals surface area contributed by atoms with Gasteiger partial charge in [-0.25, -0.2) is 8.42 Å². The number of hydrogen-bond donors (Lipinski definition) is 3. The van der Waals surface area contributed by atoms with Crippen LogP contribution in [0.25, 0.3) is 0 Å². The molecule has 8 heteroatoms. The van der Waals surface area contributed by atoms with E-state index in [0.717, 1.165) is 43.3 Å². The summed E-state index contributed by atoms with van der Waals surface area (Å²) in [5.74, 6) is -0.704. The van der Waals surface area contributed by atoms with E-state index in [0.29, 0.717) is 11.5 Å². The number of primary amides is 1. The first kappa shape index (κ1) is 16.1. The summed E-state index contributed by atoms with van der Waals surface area (Å²) in [6.45, 7) is 2.83. The number of amides is 1. The second kappa shape index (κ2) is 5.49. The van der Waals surface area contributed by atoms with Gasteiger partial charge in [0.05, 0.1) is 5.69 Å². The molecular formula is C13H21N3O3S2. The molecule has 1 amide bonds. The van der Waals surface area contributed by atoms with Gasteiger partial charge >= 0.3 is 0 Å². The summed E-state index contributed by atoms with van der Waals surface area (Å²) in [4.78, 5) is 11.4. The van der Waals surface area contributed by atoms with Crippen LogP contribution in [0.15, 0.2) is 4.90 Å². The molecule has 0 radical (unpaired) electrons. The van der Waals surface area contributed by atoms with E-state index in [1.54, 1.807) is 0 Å². The van der Waals surface area contributed by atoms with Crippen molar-refractivity contribution in [3.05, 3.63) is 4.88 Å². The lowest BCUT2D eigenvalue weighted by molar-refractivity contribution is 0.100. The molecule has 1 aromatic rings. The molecule has 0 aliphatic heterocycles. The van der Waals surface area contributed by atoms with Crippen molar-refractivity contribution in [2.24, 2.45) is 11.1 Å². The first-order valence-electron chi connectivity index (χ1n) is 6.86. The van der Waals surface area contributed by atoms with Crippen LogP contribution in [0.4, 0.5) is 10.7 Å². The SMILES string of the molecule is CCCC1(CNc2sc(C(N)=O)c(N)c2S(C)(=O)=O)CC1. The van der Waals surface area contributed by atoms with Crippen molar-refractivity contribution >= 4 is 37.8 Å². The zero-order valence-corrected chi connectivity index (χ0v) is 13.9. The molecule has 0 saturated heterocycles. The van der Waals surface area contributed by atoms with E-state index >= 15 is 0 Å². The molecule has 118 valence electrons. The lowest BCUT2D eigenvalue weighted by atomic mass is 10.0. The Balaban J connectivity index is 2.30. The van der Waals surface area contributed by atoms with Gasteiger partial charge in [0.1, 0.15) is 14.8 Å². The topological polar surface area (TPSA) is 115 Å². The Morgan fingerprint density at radius 3 is 2.48 bits per heavy atom. The highest BCUT2D eigenvalue weighted by atomic mass is 32.2. The molecule has 1 saturated carbocycles. The third-order valence-corrected chi connectivity index (χ3v) is 6.33. The van der Waals surface area contributed by atoms with Gasteiger partial charge in [-0.3, -0.25) is 4.79 Å². The number of carbonyl (C=O) groups excluding carboxylic acids is 1. The number of hydrogen-bond acceptors (Lipinski definition) is 6. The maximum Gasteiger partial charge on any atom is 0.261 e. The quantitative estimate of drug-likeness (QED) is 0.705. The minimum Gasteiger partial charge on any atom is -0.396 e. The van der Waals surface area contributed by atoms with E-state index in [-0.39, 0.29) is 20.9 Å². The minimum atomic E-state index is -3.52. The van der Waals surface area contributed by atoms with E-state index in [1.165, 1.54) is 0 Å². The van der Waals surface area contributed by atoms with Crippen LogP contribution in [0.1, 0.15) is 42.3 Å². The number of nitrogen functional groups attached to an aromatic ring is 1. The lowest BCUT2D eigenvalue weighted by Crippen LogP contribution is -2.16. The summed E-state index contributed by atoms with van der Waals surface area (Å²) in [6.07, 6.45) is 5.58. The van der Waals surface area contributed by atoms with Gasteiger partial charge in [0, 0.05) is 12.8 Å². The fraction of sp³-hybridized carbons (Fsp3) is 0.615. The molecule has 6 nitrogen and oxygen atoms in total. The van der Waals surface area contributed by atoms with Gasteiger partial charge in [0.15, 0.2) is 9.84 Å². The van der Waals surface area contributed by atoms with Crippen LogP contribution in [0.2, 0.25) is 0 Å². The number of nitrogens with one attached hydrogen (secondary N) is 1. The number of nitrogens with two attached hydrogens (primary N) is 2. The number of thiophene rings is 1. The van der Waals surface area contributed by atoms with Gasteiger partial charge in [-0.05, 0) is 24.7 Å². The van der Waals surface area contributed by atoms with Crippen LogP contribution in [-0.2, 0) is 9.84 Å². The molecule has 1 aliphatic carbocycles. The Bertz CT molecular complexity index is 660. The Labute approximate surface area is 128 Å². The maximum atomic E-state index is 11.9. The predicted octanol–water partition coefficient (Wildman–Crippen LogP) is 1.82. The lowest BCUT2D eigenvalue weighted by Gasteiger charge is -2.15. The summed E-state index contributed by atoms with van der Waals surface area (Å²) in [7, 11) is -3.52. The molecule has 5 N–H and O–H groups in total. The van der Waals surface area contributed by atoms with Gasteiger partial charge in [-0.15, -0.1) is 11.3 Å². The Morgan fingerprint density at radius 1 is 1.43 bits per heavy atom. The first-order chi connectivity index (χ1) is 9.70. The van der Waals surface area contributed by atoms with Crippen molar-refractivity contribution in [1.82, 2.24) is 0 Å². The first-order valence-corrected chi connectivity index (χ1v) is 9.57. The third-order valence-electron chi connectivity index (χ3n) is 3.86. The molecular weight excluding hydrogens is 310 g/mol. The van der Waals surface area contributed by atoms with E-state index in [1.807, 2.05) is 0 Å². The fourth-order valence-corrected chi connectivity index (χ4v) is 5.00. The Hall–Kier alpha value is -1.28. The highest BCUT2D eigenvalue weighted by molar-refractivity contribution is 7.91. The van der Waals surface area contributed by atoms with Crippen LogP contribution < -0.4 is 16.8 Å². The monoisotopic (exact) mass is 331 g/mol. The molecule has 1 fully saturated rings. The molecule has 0 unspecified atom stereocenters. The van der Waals surface area contributed by atoms with Crippen LogP contribution in [0.5, 0.6) is 0 Å². The third kappa shape index (κ3) is 3.32. The molecule has 2 rings (SSSR count). The summed E-state index contributed by atoms with van der Waals surface area (Å²) in [6, 6.07) is 0. The van der Waals surface area contributed by atoms with Crippen LogP contribution in [-0.4, -0.2) is 27.1 Å².